The minimum atomic E-state index is -0.725. The van der Waals surface area contributed by atoms with Crippen LogP contribution in [-0.2, 0) is 18.9 Å². The van der Waals surface area contributed by atoms with Crippen molar-refractivity contribution in [2.45, 2.75) is 40.3 Å². The van der Waals surface area contributed by atoms with Gasteiger partial charge in [0.1, 0.15) is 11.4 Å². The van der Waals surface area contributed by atoms with E-state index in [4.69, 9.17) is 18.9 Å². The molecule has 0 aliphatic carbocycles. The molecule has 0 spiro atoms. The van der Waals surface area contributed by atoms with Crippen LogP contribution in [0, 0.1) is 10.1 Å². The van der Waals surface area contributed by atoms with Gasteiger partial charge in [0.05, 0.1) is 4.91 Å². The van der Waals surface area contributed by atoms with E-state index in [0.717, 1.165) is 0 Å². The van der Waals surface area contributed by atoms with E-state index in [0.29, 0.717) is 26.4 Å². The number of hydrogen-bond acceptors (Lipinski definition) is 6. The molecule has 0 bridgehead atoms. The van der Waals surface area contributed by atoms with Gasteiger partial charge in [0.2, 0.25) is 6.29 Å². The lowest BCUT2D eigenvalue weighted by atomic mass is 10.6. The number of hydrogen-bond donors (Lipinski definition) is 0. The van der Waals surface area contributed by atoms with Crippen molar-refractivity contribution >= 4 is 0 Å². The molecular formula is C12H26N2O6. The molecule has 0 aliphatic rings. The zero-order valence-corrected chi connectivity index (χ0v) is 12.7. The monoisotopic (exact) mass is 294 g/mol. The van der Waals surface area contributed by atoms with Crippen LogP contribution >= 0.6 is 0 Å². The van der Waals surface area contributed by atoms with Gasteiger partial charge in [-0.25, -0.2) is 0 Å². The summed E-state index contributed by atoms with van der Waals surface area (Å²) in [6.07, 6.45) is -1.45. The number of rotatable bonds is 13. The highest BCUT2D eigenvalue weighted by molar-refractivity contribution is 4.50. The van der Waals surface area contributed by atoms with Crippen molar-refractivity contribution in [3.63, 3.8) is 0 Å². The molecule has 8 heteroatoms. The van der Waals surface area contributed by atoms with Crippen LogP contribution in [0.5, 0.6) is 0 Å². The Bertz CT molecular complexity index is 242. The zero-order valence-electron chi connectivity index (χ0n) is 12.7. The fourth-order valence-corrected chi connectivity index (χ4v) is 1.49. The van der Waals surface area contributed by atoms with Gasteiger partial charge in [0.15, 0.2) is 6.29 Å². The molecule has 0 aromatic heterocycles. The third kappa shape index (κ3) is 8.39. The molecule has 0 heterocycles. The average Bonchev–Trinajstić information content (AvgIpc) is 2.39. The maximum atomic E-state index is 11.7. The lowest BCUT2D eigenvalue weighted by molar-refractivity contribution is -0.706. The highest BCUT2D eigenvalue weighted by atomic mass is 16.7. The van der Waals surface area contributed by atoms with Gasteiger partial charge in [0, 0.05) is 26.4 Å². The van der Waals surface area contributed by atoms with Crippen LogP contribution in [0.3, 0.4) is 0 Å². The number of ether oxygens (including phenoxy) is 4. The van der Waals surface area contributed by atoms with Gasteiger partial charge in [-0.05, 0) is 27.7 Å². The number of hydroxylamine groups is 1. The highest BCUT2D eigenvalue weighted by Gasteiger charge is 2.24. The summed E-state index contributed by atoms with van der Waals surface area (Å²) in [7, 11) is 0. The maximum Gasteiger partial charge on any atom is 0.274 e. The molecule has 0 amide bonds. The number of hydrazine groups is 1. The fourth-order valence-electron chi connectivity index (χ4n) is 1.49. The lowest BCUT2D eigenvalue weighted by Gasteiger charge is -2.25. The Kier molecular flexibility index (Phi) is 11.5. The van der Waals surface area contributed by atoms with Gasteiger partial charge < -0.3 is 24.2 Å². The quantitative estimate of drug-likeness (QED) is 0.287. The van der Waals surface area contributed by atoms with E-state index in [1.807, 2.05) is 0 Å². The first-order valence-corrected chi connectivity index (χ1v) is 6.94. The van der Waals surface area contributed by atoms with Crippen LogP contribution in [0.2, 0.25) is 0 Å². The molecule has 120 valence electrons. The molecule has 0 aromatic rings. The van der Waals surface area contributed by atoms with E-state index in [9.17, 15) is 10.1 Å². The van der Waals surface area contributed by atoms with E-state index < -0.39 is 12.6 Å². The van der Waals surface area contributed by atoms with E-state index in [1.165, 1.54) is 0 Å². The van der Waals surface area contributed by atoms with Crippen molar-refractivity contribution in [3.05, 3.63) is 10.1 Å². The summed E-state index contributed by atoms with van der Waals surface area (Å²) >= 11 is 0. The first-order chi connectivity index (χ1) is 9.58. The van der Waals surface area contributed by atoms with E-state index >= 15 is 0 Å². The molecule has 0 saturated carbocycles. The molecule has 0 aliphatic heterocycles. The molecule has 0 saturated heterocycles. The molecule has 0 radical (unpaired) electrons. The van der Waals surface area contributed by atoms with Crippen LogP contribution < -0.4 is 0 Å². The summed E-state index contributed by atoms with van der Waals surface area (Å²) < 4.78 is 20.8. The predicted octanol–water partition coefficient (Wildman–Crippen LogP) is 1.28. The summed E-state index contributed by atoms with van der Waals surface area (Å²) in [5.74, 6) is 0. The SMILES string of the molecule is CCOC(CN([O-])[N+](=O)CC(OCC)OCC)OCC. The standard InChI is InChI=1S/C12H26N2O6/c1-5-17-11(18-6-2)9-13(15)14(16)10-12(19-7-3)20-8-4/h11-12H,5-10H2,1-4H3. The molecule has 0 atom stereocenters. The normalized spacial score (nSPS) is 11.3. The van der Waals surface area contributed by atoms with E-state index in [-0.39, 0.29) is 23.1 Å². The molecule has 0 rings (SSSR count). The fraction of sp³-hybridized carbons (Fsp3) is 1.00. The maximum absolute atomic E-state index is 11.7. The van der Waals surface area contributed by atoms with Crippen LogP contribution in [-0.4, -0.2) is 62.1 Å². The predicted molar refractivity (Wildman–Crippen MR) is 72.6 cm³/mol. The van der Waals surface area contributed by atoms with Gasteiger partial charge in [-0.1, -0.05) is 0 Å². The van der Waals surface area contributed by atoms with Gasteiger partial charge in [-0.3, -0.25) is 0 Å². The summed E-state index contributed by atoms with van der Waals surface area (Å²) in [5, 5.41) is 12.0. The van der Waals surface area contributed by atoms with Crippen LogP contribution in [0.25, 0.3) is 0 Å². The van der Waals surface area contributed by atoms with Gasteiger partial charge >= 0.3 is 0 Å². The van der Waals surface area contributed by atoms with Crippen molar-refractivity contribution in [1.82, 2.24) is 5.17 Å². The summed E-state index contributed by atoms with van der Waals surface area (Å²) in [6.45, 7) is 8.36. The Balaban J connectivity index is 4.28. The van der Waals surface area contributed by atoms with Crippen molar-refractivity contribution < 1.29 is 23.8 Å². The molecule has 8 nitrogen and oxygen atoms in total. The Morgan fingerprint density at radius 3 is 1.70 bits per heavy atom. The van der Waals surface area contributed by atoms with Gasteiger partial charge in [-0.2, -0.15) is 5.17 Å². The van der Waals surface area contributed by atoms with Crippen molar-refractivity contribution in [2.75, 3.05) is 39.5 Å². The van der Waals surface area contributed by atoms with Crippen LogP contribution in [0.1, 0.15) is 27.7 Å². The Morgan fingerprint density at radius 1 is 0.900 bits per heavy atom. The third-order valence-corrected chi connectivity index (χ3v) is 2.27. The second-order valence-corrected chi connectivity index (χ2v) is 3.75. The second kappa shape index (κ2) is 12.0. The summed E-state index contributed by atoms with van der Waals surface area (Å²) in [4.78, 5) is 12.0. The topological polar surface area (TPSA) is 83.3 Å². The molecule has 0 aromatic carbocycles. The smallest absolute Gasteiger partial charge is 0.274 e. The van der Waals surface area contributed by atoms with E-state index in [2.05, 4.69) is 0 Å². The molecule has 0 N–H and O–H groups in total. The minimum absolute atomic E-state index is 0.198. The van der Waals surface area contributed by atoms with E-state index in [1.54, 1.807) is 27.7 Å². The lowest BCUT2D eigenvalue weighted by Crippen LogP contribution is -2.41. The zero-order chi connectivity index (χ0) is 15.4. The molecular weight excluding hydrogens is 268 g/mol. The summed E-state index contributed by atoms with van der Waals surface area (Å²) in [6, 6.07) is 0. The van der Waals surface area contributed by atoms with Gasteiger partial charge in [-0.15, -0.1) is 0 Å². The molecule has 0 fully saturated rings. The molecule has 20 heavy (non-hydrogen) atoms. The van der Waals surface area contributed by atoms with Crippen LogP contribution in [0.15, 0.2) is 0 Å². The number of nitroso groups, excluding NO2 is 1. The Labute approximate surface area is 120 Å². The highest BCUT2D eigenvalue weighted by Crippen LogP contribution is 2.02. The average molecular weight is 294 g/mol. The van der Waals surface area contributed by atoms with Crippen molar-refractivity contribution in [2.24, 2.45) is 0 Å². The van der Waals surface area contributed by atoms with Gasteiger partial charge in [0.25, 0.3) is 6.54 Å². The first kappa shape index (κ1) is 19.2. The first-order valence-electron chi connectivity index (χ1n) is 6.94. The Morgan fingerprint density at radius 2 is 1.30 bits per heavy atom. The number of nitrogens with zero attached hydrogens (tertiary/aromatic N) is 2. The largest absolute Gasteiger partial charge is 0.704 e. The minimum Gasteiger partial charge on any atom is -0.704 e. The molecule has 0 unspecified atom stereocenters. The van der Waals surface area contributed by atoms with Crippen molar-refractivity contribution in [1.29, 1.82) is 0 Å². The summed E-state index contributed by atoms with van der Waals surface area (Å²) in [5.41, 5.74) is 0. The third-order valence-electron chi connectivity index (χ3n) is 2.27. The second-order valence-electron chi connectivity index (χ2n) is 3.75. The van der Waals surface area contributed by atoms with Crippen molar-refractivity contribution in [3.8, 4) is 0 Å². The Hall–Kier alpha value is -0.800. The van der Waals surface area contributed by atoms with Crippen LogP contribution in [0.4, 0.5) is 0 Å².